The number of hydrogen-bond donors (Lipinski definition) is 1. The van der Waals surface area contributed by atoms with Crippen molar-refractivity contribution in [3.05, 3.63) is 41.2 Å². The Morgan fingerprint density at radius 3 is 2.94 bits per heavy atom. The highest BCUT2D eigenvalue weighted by Crippen LogP contribution is 2.13. The van der Waals surface area contributed by atoms with E-state index < -0.39 is 0 Å². The SMILES string of the molecule is CCc1cnc(CNc2nc(C)ccc2C#N)o1. The predicted octanol–water partition coefficient (Wildman–Crippen LogP) is 2.42. The smallest absolute Gasteiger partial charge is 0.213 e. The van der Waals surface area contributed by atoms with Crippen molar-refractivity contribution >= 4 is 5.82 Å². The van der Waals surface area contributed by atoms with Crippen LogP contribution in [0, 0.1) is 18.3 Å². The maximum atomic E-state index is 8.98. The van der Waals surface area contributed by atoms with Crippen molar-refractivity contribution in [2.24, 2.45) is 0 Å². The molecule has 1 N–H and O–H groups in total. The summed E-state index contributed by atoms with van der Waals surface area (Å²) in [5, 5.41) is 12.0. The molecule has 0 aliphatic heterocycles. The van der Waals surface area contributed by atoms with E-state index in [4.69, 9.17) is 9.68 Å². The summed E-state index contributed by atoms with van der Waals surface area (Å²) >= 11 is 0. The second-order valence-corrected chi connectivity index (χ2v) is 3.89. The highest BCUT2D eigenvalue weighted by Gasteiger charge is 2.06. The molecule has 2 aromatic rings. The molecule has 2 heterocycles. The van der Waals surface area contributed by atoms with E-state index in [1.54, 1.807) is 12.3 Å². The molecule has 18 heavy (non-hydrogen) atoms. The van der Waals surface area contributed by atoms with Crippen molar-refractivity contribution in [2.75, 3.05) is 5.32 Å². The van der Waals surface area contributed by atoms with Gasteiger partial charge in [0.15, 0.2) is 0 Å². The molecule has 0 saturated heterocycles. The van der Waals surface area contributed by atoms with Crippen LogP contribution in [-0.4, -0.2) is 9.97 Å². The van der Waals surface area contributed by atoms with Crippen LogP contribution in [0.4, 0.5) is 5.82 Å². The van der Waals surface area contributed by atoms with Crippen molar-refractivity contribution in [1.29, 1.82) is 5.26 Å². The molecule has 0 spiro atoms. The Kier molecular flexibility index (Phi) is 3.58. The second kappa shape index (κ2) is 5.32. The van der Waals surface area contributed by atoms with Gasteiger partial charge in [-0.25, -0.2) is 9.97 Å². The molecule has 0 fully saturated rings. The third-order valence-electron chi connectivity index (χ3n) is 2.51. The molecule has 0 atom stereocenters. The Hall–Kier alpha value is -2.35. The number of rotatable bonds is 4. The van der Waals surface area contributed by atoms with Crippen LogP contribution in [0.15, 0.2) is 22.7 Å². The van der Waals surface area contributed by atoms with E-state index in [2.05, 4.69) is 21.4 Å². The van der Waals surface area contributed by atoms with Gasteiger partial charge in [0.05, 0.1) is 18.3 Å². The van der Waals surface area contributed by atoms with E-state index in [9.17, 15) is 0 Å². The van der Waals surface area contributed by atoms with E-state index in [0.717, 1.165) is 17.9 Å². The molecule has 0 aromatic carbocycles. The standard InChI is InChI=1S/C13H14N4O/c1-3-11-7-15-12(18-11)8-16-13-10(6-14)5-4-9(2)17-13/h4-5,7H,3,8H2,1-2H3,(H,16,17). The van der Waals surface area contributed by atoms with Crippen molar-refractivity contribution < 1.29 is 4.42 Å². The minimum atomic E-state index is 0.422. The van der Waals surface area contributed by atoms with E-state index in [1.165, 1.54) is 0 Å². The Bertz CT molecular complexity index is 583. The lowest BCUT2D eigenvalue weighted by Gasteiger charge is -2.05. The average molecular weight is 242 g/mol. The molecule has 0 aliphatic rings. The zero-order chi connectivity index (χ0) is 13.0. The first-order chi connectivity index (χ1) is 8.72. The first-order valence-corrected chi connectivity index (χ1v) is 5.78. The Morgan fingerprint density at radius 1 is 1.44 bits per heavy atom. The minimum Gasteiger partial charge on any atom is -0.444 e. The van der Waals surface area contributed by atoms with Gasteiger partial charge in [0, 0.05) is 12.1 Å². The fraction of sp³-hybridized carbons (Fsp3) is 0.308. The Balaban J connectivity index is 2.10. The largest absolute Gasteiger partial charge is 0.444 e. The molecule has 0 amide bonds. The third-order valence-corrected chi connectivity index (χ3v) is 2.51. The maximum Gasteiger partial charge on any atom is 0.213 e. The number of anilines is 1. The van der Waals surface area contributed by atoms with E-state index in [0.29, 0.717) is 23.8 Å². The molecule has 5 heteroatoms. The fourth-order valence-electron chi connectivity index (χ4n) is 1.53. The lowest BCUT2D eigenvalue weighted by atomic mass is 10.2. The van der Waals surface area contributed by atoms with Gasteiger partial charge in [-0.05, 0) is 19.1 Å². The first-order valence-electron chi connectivity index (χ1n) is 5.78. The van der Waals surface area contributed by atoms with Crippen molar-refractivity contribution in [3.8, 4) is 6.07 Å². The van der Waals surface area contributed by atoms with Gasteiger partial charge in [0.1, 0.15) is 17.6 Å². The molecule has 0 radical (unpaired) electrons. The van der Waals surface area contributed by atoms with E-state index in [1.807, 2.05) is 19.9 Å². The zero-order valence-electron chi connectivity index (χ0n) is 10.4. The summed E-state index contributed by atoms with van der Waals surface area (Å²) < 4.78 is 5.47. The summed E-state index contributed by atoms with van der Waals surface area (Å²) in [5.41, 5.74) is 1.38. The maximum absolute atomic E-state index is 8.98. The topological polar surface area (TPSA) is 74.7 Å². The van der Waals surface area contributed by atoms with Gasteiger partial charge >= 0.3 is 0 Å². The van der Waals surface area contributed by atoms with Gasteiger partial charge in [-0.1, -0.05) is 6.92 Å². The molecule has 0 bridgehead atoms. The molecule has 92 valence electrons. The van der Waals surface area contributed by atoms with Crippen molar-refractivity contribution in [3.63, 3.8) is 0 Å². The van der Waals surface area contributed by atoms with Gasteiger partial charge in [0.2, 0.25) is 5.89 Å². The predicted molar refractivity (Wildman–Crippen MR) is 66.9 cm³/mol. The molecular weight excluding hydrogens is 228 g/mol. The lowest BCUT2D eigenvalue weighted by Crippen LogP contribution is -2.04. The zero-order valence-corrected chi connectivity index (χ0v) is 10.4. The second-order valence-electron chi connectivity index (χ2n) is 3.89. The highest BCUT2D eigenvalue weighted by atomic mass is 16.4. The van der Waals surface area contributed by atoms with Crippen LogP contribution in [0.1, 0.15) is 29.8 Å². The summed E-state index contributed by atoms with van der Waals surface area (Å²) in [6, 6.07) is 5.66. The van der Waals surface area contributed by atoms with Crippen molar-refractivity contribution in [2.45, 2.75) is 26.8 Å². The van der Waals surface area contributed by atoms with E-state index in [-0.39, 0.29) is 0 Å². The van der Waals surface area contributed by atoms with Gasteiger partial charge in [-0.2, -0.15) is 5.26 Å². The number of nitrogens with one attached hydrogen (secondary N) is 1. The quantitative estimate of drug-likeness (QED) is 0.891. The number of pyridine rings is 1. The number of aromatic nitrogens is 2. The Labute approximate surface area is 105 Å². The van der Waals surface area contributed by atoms with Gasteiger partial charge < -0.3 is 9.73 Å². The normalized spacial score (nSPS) is 10.1. The van der Waals surface area contributed by atoms with Gasteiger partial charge in [-0.3, -0.25) is 0 Å². The van der Waals surface area contributed by atoms with Gasteiger partial charge in [0.25, 0.3) is 0 Å². The molecular formula is C13H14N4O. The number of aryl methyl sites for hydroxylation is 2. The van der Waals surface area contributed by atoms with Crippen LogP contribution < -0.4 is 5.32 Å². The molecule has 0 aliphatic carbocycles. The van der Waals surface area contributed by atoms with Gasteiger partial charge in [-0.15, -0.1) is 0 Å². The molecule has 2 rings (SSSR count). The number of nitriles is 1. The highest BCUT2D eigenvalue weighted by molar-refractivity contribution is 5.52. The van der Waals surface area contributed by atoms with Crippen LogP contribution in [0.2, 0.25) is 0 Å². The molecule has 0 unspecified atom stereocenters. The summed E-state index contributed by atoms with van der Waals surface area (Å²) in [6.45, 7) is 4.31. The van der Waals surface area contributed by atoms with E-state index >= 15 is 0 Å². The lowest BCUT2D eigenvalue weighted by molar-refractivity contribution is 0.465. The number of nitrogens with zero attached hydrogens (tertiary/aromatic N) is 3. The average Bonchev–Trinajstić information content (AvgIpc) is 2.84. The third kappa shape index (κ3) is 2.66. The fourth-order valence-corrected chi connectivity index (χ4v) is 1.53. The summed E-state index contributed by atoms with van der Waals surface area (Å²) in [5.74, 6) is 2.01. The van der Waals surface area contributed by atoms with Crippen LogP contribution in [0.5, 0.6) is 0 Å². The summed E-state index contributed by atoms with van der Waals surface area (Å²) in [4.78, 5) is 8.42. The van der Waals surface area contributed by atoms with Crippen molar-refractivity contribution in [1.82, 2.24) is 9.97 Å². The number of hydrogen-bond acceptors (Lipinski definition) is 5. The molecule has 0 saturated carbocycles. The van der Waals surface area contributed by atoms with Crippen LogP contribution in [-0.2, 0) is 13.0 Å². The van der Waals surface area contributed by atoms with Crippen LogP contribution in [0.3, 0.4) is 0 Å². The van der Waals surface area contributed by atoms with Crippen LogP contribution >= 0.6 is 0 Å². The Morgan fingerprint density at radius 2 is 2.28 bits per heavy atom. The number of oxazole rings is 1. The summed E-state index contributed by atoms with van der Waals surface area (Å²) in [6.07, 6.45) is 2.53. The molecule has 5 nitrogen and oxygen atoms in total. The molecule has 2 aromatic heterocycles. The van der Waals surface area contributed by atoms with Crippen LogP contribution in [0.25, 0.3) is 0 Å². The first kappa shape index (κ1) is 12.1. The summed E-state index contributed by atoms with van der Waals surface area (Å²) in [7, 11) is 0. The minimum absolute atomic E-state index is 0.422. The monoisotopic (exact) mass is 242 g/mol.